The monoisotopic (exact) mass is 293 g/mol. The minimum atomic E-state index is -0.244. The van der Waals surface area contributed by atoms with Gasteiger partial charge in [-0.25, -0.2) is 0 Å². The molecule has 0 aromatic heterocycles. The van der Waals surface area contributed by atoms with Gasteiger partial charge >= 0.3 is 5.97 Å². The second-order valence-electron chi connectivity index (χ2n) is 4.25. The number of nitrogens with two attached hydrogens (primary N) is 1. The third kappa shape index (κ3) is 10.7. The molecule has 112 valence electrons. The molecule has 0 bridgehead atoms. The van der Waals surface area contributed by atoms with E-state index in [-0.39, 0.29) is 17.8 Å². The Morgan fingerprint density at radius 2 is 2.26 bits per heavy atom. The number of esters is 1. The van der Waals surface area contributed by atoms with Gasteiger partial charge in [-0.2, -0.15) is 0 Å². The molecule has 1 heterocycles. The molecule has 1 fully saturated rings. The fraction of sp³-hybridized carbons (Fsp3) is 0.833. The third-order valence-electron chi connectivity index (χ3n) is 2.60. The van der Waals surface area contributed by atoms with E-state index in [1.54, 1.807) is 7.05 Å². The van der Waals surface area contributed by atoms with Crippen molar-refractivity contribution >= 4 is 23.4 Å². The van der Waals surface area contributed by atoms with Gasteiger partial charge in [-0.1, -0.05) is 6.42 Å². The second kappa shape index (κ2) is 11.0. The van der Waals surface area contributed by atoms with Crippen molar-refractivity contribution in [3.63, 3.8) is 0 Å². The number of carbonyl (C=O) groups is 1. The molecule has 0 amide bonds. The van der Waals surface area contributed by atoms with Crippen molar-refractivity contribution in [1.29, 1.82) is 5.41 Å². The van der Waals surface area contributed by atoms with Crippen molar-refractivity contribution in [2.45, 2.75) is 37.8 Å². The van der Waals surface area contributed by atoms with Gasteiger partial charge in [-0.15, -0.1) is 11.6 Å². The number of amidine groups is 1. The zero-order valence-corrected chi connectivity index (χ0v) is 12.3. The van der Waals surface area contributed by atoms with Gasteiger partial charge in [0.2, 0.25) is 0 Å². The summed E-state index contributed by atoms with van der Waals surface area (Å²) < 4.78 is 9.34. The van der Waals surface area contributed by atoms with Crippen molar-refractivity contribution in [2.24, 2.45) is 5.73 Å². The van der Waals surface area contributed by atoms with Gasteiger partial charge in [0.1, 0.15) is 6.04 Å². The molecule has 0 aromatic rings. The van der Waals surface area contributed by atoms with E-state index < -0.39 is 0 Å². The van der Waals surface area contributed by atoms with Crippen LogP contribution in [-0.4, -0.2) is 50.6 Å². The van der Waals surface area contributed by atoms with Crippen LogP contribution in [0, 0.1) is 5.41 Å². The molecular weight excluding hydrogens is 270 g/mol. The summed E-state index contributed by atoms with van der Waals surface area (Å²) >= 11 is 5.27. The lowest BCUT2D eigenvalue weighted by molar-refractivity contribution is -0.143. The maximum Gasteiger partial charge on any atom is 0.322 e. The number of ether oxygens (including phenoxy) is 2. The molecule has 4 N–H and O–H groups in total. The van der Waals surface area contributed by atoms with E-state index in [4.69, 9.17) is 27.5 Å². The lowest BCUT2D eigenvalue weighted by atomic mass is 10.1. The maximum absolute atomic E-state index is 11.1. The first-order chi connectivity index (χ1) is 9.04. The van der Waals surface area contributed by atoms with Gasteiger partial charge < -0.3 is 20.5 Å². The van der Waals surface area contributed by atoms with E-state index in [2.05, 4.69) is 10.1 Å². The fourth-order valence-electron chi connectivity index (χ4n) is 1.34. The number of carbonyl (C=O) groups excluding carboxylic acids is 1. The van der Waals surface area contributed by atoms with Crippen LogP contribution in [0.4, 0.5) is 0 Å². The summed E-state index contributed by atoms with van der Waals surface area (Å²) in [6.07, 6.45) is 3.41. The van der Waals surface area contributed by atoms with Crippen molar-refractivity contribution in [2.75, 3.05) is 26.6 Å². The van der Waals surface area contributed by atoms with E-state index in [9.17, 15) is 4.79 Å². The van der Waals surface area contributed by atoms with Crippen molar-refractivity contribution in [3.8, 4) is 0 Å². The molecular formula is C12H24ClN3O3. The maximum atomic E-state index is 11.1. The summed E-state index contributed by atoms with van der Waals surface area (Å²) in [6, 6.07) is -0.244. The average Bonchev–Trinajstić information content (AvgIpc) is 3.22. The van der Waals surface area contributed by atoms with E-state index in [1.165, 1.54) is 7.11 Å². The molecule has 1 aliphatic rings. The number of unbranched alkanes of at least 4 members (excludes halogenated alkanes) is 1. The standard InChI is InChI=1S/C9H19N3O2.C3H5ClO/c1-12-7(9(13)14-2)5-3-4-6-8(10)11;4-1-3-2-5-3/h7,12H,3-6H2,1-2H3,(H3,10,11);3H,1-2H2. The largest absolute Gasteiger partial charge is 0.468 e. The average molecular weight is 294 g/mol. The van der Waals surface area contributed by atoms with Gasteiger partial charge in [0.25, 0.3) is 0 Å². The van der Waals surface area contributed by atoms with Crippen LogP contribution in [0.5, 0.6) is 0 Å². The Hall–Kier alpha value is -0.850. The molecule has 1 saturated heterocycles. The summed E-state index contributed by atoms with van der Waals surface area (Å²) in [7, 11) is 3.11. The van der Waals surface area contributed by atoms with Gasteiger partial charge in [0.15, 0.2) is 0 Å². The number of alkyl halides is 1. The van der Waals surface area contributed by atoms with Crippen LogP contribution in [0.1, 0.15) is 25.7 Å². The quantitative estimate of drug-likeness (QED) is 0.154. The molecule has 0 aromatic carbocycles. The number of hydrogen-bond donors (Lipinski definition) is 3. The molecule has 1 aliphatic heterocycles. The molecule has 0 saturated carbocycles. The minimum Gasteiger partial charge on any atom is -0.468 e. The molecule has 0 aliphatic carbocycles. The summed E-state index contributed by atoms with van der Waals surface area (Å²) in [4.78, 5) is 11.1. The number of nitrogens with one attached hydrogen (secondary N) is 2. The van der Waals surface area contributed by atoms with Crippen LogP contribution in [0.25, 0.3) is 0 Å². The Morgan fingerprint density at radius 1 is 1.63 bits per heavy atom. The van der Waals surface area contributed by atoms with E-state index in [0.29, 0.717) is 18.4 Å². The first kappa shape index (κ1) is 18.1. The third-order valence-corrected chi connectivity index (χ3v) is 2.94. The predicted octanol–water partition coefficient (Wildman–Crippen LogP) is 0.868. The lowest BCUT2D eigenvalue weighted by Crippen LogP contribution is -2.34. The highest BCUT2D eigenvalue weighted by atomic mass is 35.5. The Balaban J connectivity index is 0.000000532. The number of rotatable bonds is 8. The van der Waals surface area contributed by atoms with Crippen molar-refractivity contribution < 1.29 is 14.3 Å². The van der Waals surface area contributed by atoms with E-state index in [0.717, 1.165) is 25.9 Å². The summed E-state index contributed by atoms with van der Waals surface area (Å²) in [5.74, 6) is 0.624. The van der Waals surface area contributed by atoms with E-state index in [1.807, 2.05) is 0 Å². The fourth-order valence-corrected chi connectivity index (χ4v) is 1.52. The smallest absolute Gasteiger partial charge is 0.322 e. The van der Waals surface area contributed by atoms with Crippen LogP contribution in [-0.2, 0) is 14.3 Å². The molecule has 0 spiro atoms. The van der Waals surface area contributed by atoms with Crippen LogP contribution in [0.15, 0.2) is 0 Å². The predicted molar refractivity (Wildman–Crippen MR) is 75.7 cm³/mol. The minimum absolute atomic E-state index is 0.198. The summed E-state index contributed by atoms with van der Waals surface area (Å²) in [6.45, 7) is 0.878. The van der Waals surface area contributed by atoms with Gasteiger partial charge in [-0.05, 0) is 19.9 Å². The highest BCUT2D eigenvalue weighted by Gasteiger charge is 2.19. The normalized spacial score (nSPS) is 17.9. The molecule has 19 heavy (non-hydrogen) atoms. The van der Waals surface area contributed by atoms with Gasteiger partial charge in [-0.3, -0.25) is 10.2 Å². The number of methoxy groups -OCH3 is 1. The Morgan fingerprint density at radius 3 is 2.58 bits per heavy atom. The zero-order chi connectivity index (χ0) is 14.7. The second-order valence-corrected chi connectivity index (χ2v) is 4.55. The number of hydrogen-bond acceptors (Lipinski definition) is 5. The zero-order valence-electron chi connectivity index (χ0n) is 11.6. The van der Waals surface area contributed by atoms with Gasteiger partial charge in [0.05, 0.1) is 31.5 Å². The van der Waals surface area contributed by atoms with Gasteiger partial charge in [0, 0.05) is 6.42 Å². The van der Waals surface area contributed by atoms with Crippen molar-refractivity contribution in [3.05, 3.63) is 0 Å². The molecule has 2 unspecified atom stereocenters. The van der Waals surface area contributed by atoms with Crippen LogP contribution >= 0.6 is 11.6 Å². The van der Waals surface area contributed by atoms with Crippen LogP contribution in [0.3, 0.4) is 0 Å². The lowest BCUT2D eigenvalue weighted by Gasteiger charge is -2.12. The first-order valence-electron chi connectivity index (χ1n) is 6.30. The molecule has 2 atom stereocenters. The number of halogens is 1. The van der Waals surface area contributed by atoms with E-state index >= 15 is 0 Å². The Kier molecular flexibility index (Phi) is 10.5. The van der Waals surface area contributed by atoms with Crippen molar-refractivity contribution in [1.82, 2.24) is 5.32 Å². The highest BCUT2D eigenvalue weighted by molar-refractivity contribution is 6.18. The van der Waals surface area contributed by atoms with Crippen LogP contribution < -0.4 is 11.1 Å². The number of epoxide rings is 1. The molecule has 0 radical (unpaired) electrons. The summed E-state index contributed by atoms with van der Waals surface area (Å²) in [5, 5.41) is 9.90. The topological polar surface area (TPSA) is 101 Å². The molecule has 6 nitrogen and oxygen atoms in total. The Bertz CT molecular complexity index is 273. The van der Waals surface area contributed by atoms with Crippen LogP contribution in [0.2, 0.25) is 0 Å². The molecule has 1 rings (SSSR count). The number of likely N-dealkylation sites (N-methyl/N-ethyl adjacent to an activating group) is 1. The highest BCUT2D eigenvalue weighted by Crippen LogP contribution is 2.08. The SMILES string of the molecule is CNC(CCCCC(=N)N)C(=O)OC.ClCC1CO1. The first-order valence-corrected chi connectivity index (χ1v) is 6.84. The Labute approximate surface area is 119 Å². The molecule has 7 heteroatoms. The summed E-state index contributed by atoms with van der Waals surface area (Å²) in [5.41, 5.74) is 5.20.